The predicted octanol–water partition coefficient (Wildman–Crippen LogP) is 2.59. The summed E-state index contributed by atoms with van der Waals surface area (Å²) in [6, 6.07) is 1.47. The smallest absolute Gasteiger partial charge is 0.0219 e. The molecular formula is C14H28N2S. The van der Waals surface area contributed by atoms with Crippen molar-refractivity contribution in [2.45, 2.75) is 57.4 Å². The van der Waals surface area contributed by atoms with Crippen molar-refractivity contribution in [3.63, 3.8) is 0 Å². The molecule has 2 rings (SSSR count). The highest BCUT2D eigenvalue weighted by Crippen LogP contribution is 2.28. The Balaban J connectivity index is 1.89. The molecule has 3 atom stereocenters. The maximum atomic E-state index is 3.73. The molecule has 100 valence electrons. The lowest BCUT2D eigenvalue weighted by Gasteiger charge is -2.42. The van der Waals surface area contributed by atoms with Crippen LogP contribution in [0.25, 0.3) is 0 Å². The van der Waals surface area contributed by atoms with Crippen LogP contribution in [0.5, 0.6) is 0 Å². The summed E-state index contributed by atoms with van der Waals surface area (Å²) in [5.41, 5.74) is 0. The van der Waals surface area contributed by atoms with Gasteiger partial charge in [0.25, 0.3) is 0 Å². The molecule has 3 heteroatoms. The van der Waals surface area contributed by atoms with Crippen LogP contribution in [0.15, 0.2) is 0 Å². The summed E-state index contributed by atoms with van der Waals surface area (Å²) in [7, 11) is 0. The third-order valence-corrected chi connectivity index (χ3v) is 5.68. The minimum atomic E-state index is 0.698. The summed E-state index contributed by atoms with van der Waals surface area (Å²) >= 11 is 2.20. The monoisotopic (exact) mass is 256 g/mol. The number of rotatable bonds is 4. The molecule has 2 fully saturated rings. The highest BCUT2D eigenvalue weighted by molar-refractivity contribution is 8.00. The minimum Gasteiger partial charge on any atom is -0.311 e. The van der Waals surface area contributed by atoms with E-state index in [0.717, 1.165) is 17.2 Å². The van der Waals surface area contributed by atoms with Gasteiger partial charge in [-0.15, -0.1) is 0 Å². The van der Waals surface area contributed by atoms with Crippen molar-refractivity contribution < 1.29 is 0 Å². The average molecular weight is 256 g/mol. The molecule has 2 aliphatic rings. The van der Waals surface area contributed by atoms with E-state index in [0.29, 0.717) is 6.04 Å². The molecule has 2 saturated heterocycles. The summed E-state index contributed by atoms with van der Waals surface area (Å²) in [6.45, 7) is 10.8. The molecule has 0 amide bonds. The van der Waals surface area contributed by atoms with Crippen LogP contribution < -0.4 is 5.32 Å². The van der Waals surface area contributed by atoms with E-state index >= 15 is 0 Å². The zero-order chi connectivity index (χ0) is 12.3. The molecule has 2 aliphatic heterocycles. The second-order valence-electron chi connectivity index (χ2n) is 5.91. The predicted molar refractivity (Wildman–Crippen MR) is 77.8 cm³/mol. The average Bonchev–Trinajstić information content (AvgIpc) is 2.81. The van der Waals surface area contributed by atoms with Gasteiger partial charge in [0.05, 0.1) is 0 Å². The van der Waals surface area contributed by atoms with Crippen molar-refractivity contribution in [3.8, 4) is 0 Å². The molecule has 0 aromatic rings. The third-order valence-electron chi connectivity index (χ3n) is 4.30. The first-order valence-electron chi connectivity index (χ1n) is 7.29. The fourth-order valence-corrected chi connectivity index (χ4v) is 4.30. The Morgan fingerprint density at radius 2 is 2.24 bits per heavy atom. The SMILES string of the molecule is CCC1CNC(C(C)C)CN1CC1CCCS1. The molecule has 0 aromatic carbocycles. The van der Waals surface area contributed by atoms with Crippen LogP contribution in [0.2, 0.25) is 0 Å². The first-order chi connectivity index (χ1) is 8.20. The third kappa shape index (κ3) is 3.62. The highest BCUT2D eigenvalue weighted by Gasteiger charge is 2.30. The van der Waals surface area contributed by atoms with E-state index in [9.17, 15) is 0 Å². The number of hydrogen-bond donors (Lipinski definition) is 1. The van der Waals surface area contributed by atoms with Gasteiger partial charge in [0, 0.05) is 37.0 Å². The Bertz CT molecular complexity index is 224. The number of thioether (sulfide) groups is 1. The van der Waals surface area contributed by atoms with Crippen molar-refractivity contribution >= 4 is 11.8 Å². The van der Waals surface area contributed by atoms with Crippen LogP contribution in [0.4, 0.5) is 0 Å². The molecule has 0 radical (unpaired) electrons. The maximum Gasteiger partial charge on any atom is 0.0219 e. The first-order valence-corrected chi connectivity index (χ1v) is 8.34. The van der Waals surface area contributed by atoms with Crippen LogP contribution in [-0.2, 0) is 0 Å². The van der Waals surface area contributed by atoms with E-state index in [1.165, 1.54) is 44.6 Å². The maximum absolute atomic E-state index is 3.73. The zero-order valence-electron chi connectivity index (χ0n) is 11.6. The fourth-order valence-electron chi connectivity index (χ4n) is 3.01. The standard InChI is InChI=1S/C14H28N2S/c1-4-12-8-15-14(11(2)3)10-16(12)9-13-6-5-7-17-13/h11-15H,4-10H2,1-3H3. The molecule has 3 unspecified atom stereocenters. The van der Waals surface area contributed by atoms with Crippen molar-refractivity contribution in [3.05, 3.63) is 0 Å². The lowest BCUT2D eigenvalue weighted by atomic mass is 9.98. The number of piperazine rings is 1. The van der Waals surface area contributed by atoms with Gasteiger partial charge >= 0.3 is 0 Å². The zero-order valence-corrected chi connectivity index (χ0v) is 12.4. The molecule has 0 aromatic heterocycles. The van der Waals surface area contributed by atoms with Crippen LogP contribution in [0.1, 0.15) is 40.0 Å². The van der Waals surface area contributed by atoms with Gasteiger partial charge in [-0.1, -0.05) is 20.8 Å². The van der Waals surface area contributed by atoms with E-state index in [1.54, 1.807) is 0 Å². The Morgan fingerprint density at radius 1 is 1.41 bits per heavy atom. The molecule has 0 saturated carbocycles. The molecule has 0 aliphatic carbocycles. The van der Waals surface area contributed by atoms with Crippen LogP contribution >= 0.6 is 11.8 Å². The van der Waals surface area contributed by atoms with E-state index in [2.05, 4.69) is 42.7 Å². The number of nitrogens with one attached hydrogen (secondary N) is 1. The molecule has 0 bridgehead atoms. The Morgan fingerprint density at radius 3 is 2.82 bits per heavy atom. The van der Waals surface area contributed by atoms with Gasteiger partial charge in [-0.3, -0.25) is 4.90 Å². The Labute approximate surface area is 111 Å². The first kappa shape index (κ1) is 13.7. The van der Waals surface area contributed by atoms with Crippen LogP contribution in [0, 0.1) is 5.92 Å². The summed E-state index contributed by atoms with van der Waals surface area (Å²) < 4.78 is 0. The molecule has 2 heterocycles. The molecule has 1 N–H and O–H groups in total. The second-order valence-corrected chi connectivity index (χ2v) is 7.32. The van der Waals surface area contributed by atoms with Gasteiger partial charge < -0.3 is 5.32 Å². The largest absolute Gasteiger partial charge is 0.311 e. The highest BCUT2D eigenvalue weighted by atomic mass is 32.2. The van der Waals surface area contributed by atoms with Gasteiger partial charge in [0.2, 0.25) is 0 Å². The van der Waals surface area contributed by atoms with Crippen molar-refractivity contribution in [1.29, 1.82) is 0 Å². The van der Waals surface area contributed by atoms with Crippen LogP contribution in [-0.4, -0.2) is 47.6 Å². The molecule has 2 nitrogen and oxygen atoms in total. The summed E-state index contributed by atoms with van der Waals surface area (Å²) in [4.78, 5) is 2.77. The van der Waals surface area contributed by atoms with E-state index in [1.807, 2.05) is 0 Å². The van der Waals surface area contributed by atoms with Crippen molar-refractivity contribution in [2.75, 3.05) is 25.4 Å². The van der Waals surface area contributed by atoms with Crippen LogP contribution in [0.3, 0.4) is 0 Å². The molecule has 0 spiro atoms. The fraction of sp³-hybridized carbons (Fsp3) is 1.00. The number of nitrogens with zero attached hydrogens (tertiary/aromatic N) is 1. The molecule has 17 heavy (non-hydrogen) atoms. The van der Waals surface area contributed by atoms with Gasteiger partial charge in [-0.25, -0.2) is 0 Å². The van der Waals surface area contributed by atoms with Crippen molar-refractivity contribution in [2.24, 2.45) is 5.92 Å². The van der Waals surface area contributed by atoms with Crippen molar-refractivity contribution in [1.82, 2.24) is 10.2 Å². The minimum absolute atomic E-state index is 0.698. The van der Waals surface area contributed by atoms with Gasteiger partial charge in [-0.05, 0) is 30.9 Å². The molecular weight excluding hydrogens is 228 g/mol. The normalized spacial score (nSPS) is 35.6. The van der Waals surface area contributed by atoms with Gasteiger partial charge in [-0.2, -0.15) is 11.8 Å². The summed E-state index contributed by atoms with van der Waals surface area (Å²) in [5.74, 6) is 2.15. The quantitative estimate of drug-likeness (QED) is 0.832. The number of hydrogen-bond acceptors (Lipinski definition) is 3. The topological polar surface area (TPSA) is 15.3 Å². The van der Waals surface area contributed by atoms with Gasteiger partial charge in [0.1, 0.15) is 0 Å². The van der Waals surface area contributed by atoms with E-state index < -0.39 is 0 Å². The Kier molecular flexibility index (Phi) is 5.19. The lowest BCUT2D eigenvalue weighted by molar-refractivity contribution is 0.111. The Hall–Kier alpha value is 0.270. The second kappa shape index (κ2) is 6.44. The summed E-state index contributed by atoms with van der Waals surface area (Å²) in [5, 5.41) is 4.64. The van der Waals surface area contributed by atoms with Gasteiger partial charge in [0.15, 0.2) is 0 Å². The lowest BCUT2D eigenvalue weighted by Crippen LogP contribution is -2.58. The van der Waals surface area contributed by atoms with E-state index in [4.69, 9.17) is 0 Å². The van der Waals surface area contributed by atoms with E-state index in [-0.39, 0.29) is 0 Å². The summed E-state index contributed by atoms with van der Waals surface area (Å²) in [6.07, 6.45) is 4.17.